The number of rotatable bonds is 5. The van der Waals surface area contributed by atoms with Gasteiger partial charge in [0, 0.05) is 11.3 Å². The van der Waals surface area contributed by atoms with Gasteiger partial charge in [0.1, 0.15) is 29.1 Å². The number of aliphatic hydroxyl groups is 1. The van der Waals surface area contributed by atoms with Gasteiger partial charge in [-0.15, -0.1) is 0 Å². The van der Waals surface area contributed by atoms with E-state index in [1.807, 2.05) is 32.9 Å². The number of hydrogen-bond acceptors (Lipinski definition) is 5. The van der Waals surface area contributed by atoms with E-state index in [-0.39, 0.29) is 17.4 Å². The summed E-state index contributed by atoms with van der Waals surface area (Å²) in [5, 5.41) is 11.2. The molecule has 0 aliphatic carbocycles. The first kappa shape index (κ1) is 21.4. The maximum absolute atomic E-state index is 13.2. The van der Waals surface area contributed by atoms with Crippen molar-refractivity contribution in [3.05, 3.63) is 88.9 Å². The lowest BCUT2D eigenvalue weighted by Gasteiger charge is -2.25. The van der Waals surface area contributed by atoms with E-state index in [0.717, 1.165) is 5.56 Å². The molecule has 4 rings (SSSR count). The molecule has 1 unspecified atom stereocenters. The van der Waals surface area contributed by atoms with Crippen molar-refractivity contribution >= 4 is 23.1 Å². The number of nitrogens with zero attached hydrogens (tertiary/aromatic N) is 1. The van der Waals surface area contributed by atoms with Crippen molar-refractivity contribution in [3.63, 3.8) is 0 Å². The first-order valence-corrected chi connectivity index (χ1v) is 10.5. The molecule has 1 aliphatic rings. The fourth-order valence-corrected chi connectivity index (χ4v) is 3.93. The van der Waals surface area contributed by atoms with Crippen LogP contribution in [0.5, 0.6) is 5.75 Å². The van der Waals surface area contributed by atoms with Gasteiger partial charge < -0.3 is 14.3 Å². The van der Waals surface area contributed by atoms with E-state index < -0.39 is 17.7 Å². The molecule has 32 heavy (non-hydrogen) atoms. The van der Waals surface area contributed by atoms with Crippen LogP contribution in [0.3, 0.4) is 0 Å². The van der Waals surface area contributed by atoms with Gasteiger partial charge in [-0.2, -0.15) is 0 Å². The molecule has 0 radical (unpaired) electrons. The second-order valence-corrected chi connectivity index (χ2v) is 8.10. The molecule has 1 atom stereocenters. The Bertz CT molecular complexity index is 1220. The van der Waals surface area contributed by atoms with E-state index in [4.69, 9.17) is 9.15 Å². The summed E-state index contributed by atoms with van der Waals surface area (Å²) in [6, 6.07) is 16.8. The summed E-state index contributed by atoms with van der Waals surface area (Å²) in [6.45, 7) is 7.46. The van der Waals surface area contributed by atoms with Crippen LogP contribution in [0.15, 0.2) is 70.7 Å². The molecule has 164 valence electrons. The molecule has 0 bridgehead atoms. The molecule has 1 fully saturated rings. The quantitative estimate of drug-likeness (QED) is 0.336. The Labute approximate surface area is 186 Å². The normalized spacial score (nSPS) is 17.9. The number of hydrogen-bond donors (Lipinski definition) is 1. The number of amides is 1. The highest BCUT2D eigenvalue weighted by Crippen LogP contribution is 2.43. The van der Waals surface area contributed by atoms with Crippen LogP contribution >= 0.6 is 0 Å². The lowest BCUT2D eigenvalue weighted by Crippen LogP contribution is -2.29. The number of anilines is 1. The smallest absolute Gasteiger partial charge is 0.300 e. The van der Waals surface area contributed by atoms with Gasteiger partial charge in [-0.25, -0.2) is 0 Å². The molecule has 2 heterocycles. The number of furan rings is 1. The highest BCUT2D eigenvalue weighted by atomic mass is 16.5. The number of carbonyl (C=O) groups is 2. The lowest BCUT2D eigenvalue weighted by atomic mass is 9.99. The maximum atomic E-state index is 13.2. The van der Waals surface area contributed by atoms with Crippen LogP contribution in [0.25, 0.3) is 5.76 Å². The zero-order valence-corrected chi connectivity index (χ0v) is 18.5. The number of ketones is 1. The molecule has 3 aromatic rings. The molecule has 0 saturated carbocycles. The van der Waals surface area contributed by atoms with Crippen LogP contribution in [-0.4, -0.2) is 22.9 Å². The second kappa shape index (κ2) is 8.38. The molecule has 1 aromatic heterocycles. The highest BCUT2D eigenvalue weighted by molar-refractivity contribution is 6.51. The SMILES string of the molecule is Cc1ccc(C2/C(=C(/O)c3cccc(OC(C)C)c3)C(=O)C(=O)N2c2ccccc2C)o1. The van der Waals surface area contributed by atoms with Crippen LogP contribution in [0, 0.1) is 13.8 Å². The van der Waals surface area contributed by atoms with Crippen LogP contribution in [0.1, 0.15) is 42.5 Å². The van der Waals surface area contributed by atoms with Crippen molar-refractivity contribution in [3.8, 4) is 5.75 Å². The Kier molecular flexibility index (Phi) is 5.61. The van der Waals surface area contributed by atoms with E-state index >= 15 is 0 Å². The largest absolute Gasteiger partial charge is 0.507 e. The Hall–Kier alpha value is -3.80. The fraction of sp³-hybridized carbons (Fsp3) is 0.231. The van der Waals surface area contributed by atoms with Gasteiger partial charge >= 0.3 is 0 Å². The summed E-state index contributed by atoms with van der Waals surface area (Å²) in [5.74, 6) is -0.145. The summed E-state index contributed by atoms with van der Waals surface area (Å²) in [7, 11) is 0. The van der Waals surface area contributed by atoms with E-state index in [9.17, 15) is 14.7 Å². The van der Waals surface area contributed by atoms with Crippen molar-refractivity contribution in [1.82, 2.24) is 0 Å². The Balaban J connectivity index is 1.91. The first-order chi connectivity index (χ1) is 15.3. The fourth-order valence-electron chi connectivity index (χ4n) is 3.93. The third-order valence-electron chi connectivity index (χ3n) is 5.33. The van der Waals surface area contributed by atoms with Gasteiger partial charge in [0.25, 0.3) is 11.7 Å². The summed E-state index contributed by atoms with van der Waals surface area (Å²) in [6.07, 6.45) is -0.0508. The van der Waals surface area contributed by atoms with E-state index in [0.29, 0.717) is 28.5 Å². The molecule has 0 spiro atoms. The number of ether oxygens (including phenoxy) is 1. The zero-order chi connectivity index (χ0) is 23.0. The average molecular weight is 431 g/mol. The van der Waals surface area contributed by atoms with Crippen LogP contribution in [0.4, 0.5) is 5.69 Å². The second-order valence-electron chi connectivity index (χ2n) is 8.10. The van der Waals surface area contributed by atoms with Crippen molar-refractivity contribution in [2.24, 2.45) is 0 Å². The first-order valence-electron chi connectivity index (χ1n) is 10.5. The van der Waals surface area contributed by atoms with Crippen molar-refractivity contribution in [1.29, 1.82) is 0 Å². The number of aliphatic hydroxyl groups excluding tert-OH is 1. The molecule has 6 heteroatoms. The topological polar surface area (TPSA) is 80.0 Å². The molecule has 1 aliphatic heterocycles. The minimum absolute atomic E-state index is 0.0192. The van der Waals surface area contributed by atoms with E-state index in [1.54, 1.807) is 55.5 Å². The van der Waals surface area contributed by atoms with Gasteiger partial charge in [-0.05, 0) is 63.6 Å². The molecular weight excluding hydrogens is 406 g/mol. The molecule has 1 N–H and O–H groups in total. The summed E-state index contributed by atoms with van der Waals surface area (Å²) in [4.78, 5) is 27.8. The van der Waals surface area contributed by atoms with E-state index in [1.165, 1.54) is 4.90 Å². The average Bonchev–Trinajstić information content (AvgIpc) is 3.29. The Morgan fingerprint density at radius 3 is 2.44 bits per heavy atom. The Morgan fingerprint density at radius 2 is 1.78 bits per heavy atom. The molecule has 1 amide bonds. The maximum Gasteiger partial charge on any atom is 0.300 e. The monoisotopic (exact) mass is 431 g/mol. The van der Waals surface area contributed by atoms with Crippen molar-refractivity contribution in [2.45, 2.75) is 39.8 Å². The van der Waals surface area contributed by atoms with Gasteiger partial charge in [0.15, 0.2) is 0 Å². The van der Waals surface area contributed by atoms with Crippen LogP contribution in [-0.2, 0) is 9.59 Å². The standard InChI is InChI=1S/C26H25NO5/c1-15(2)31-19-10-7-9-18(14-19)24(28)22-23(21-13-12-17(4)32-21)27(26(30)25(22)29)20-11-6-5-8-16(20)3/h5-15,23,28H,1-4H3/b24-22-. The molecule has 2 aromatic carbocycles. The Morgan fingerprint density at radius 1 is 1.03 bits per heavy atom. The number of carbonyl (C=O) groups excluding carboxylic acids is 2. The minimum atomic E-state index is -0.889. The summed E-state index contributed by atoms with van der Waals surface area (Å²) >= 11 is 0. The molecular formula is C26H25NO5. The lowest BCUT2D eigenvalue weighted by molar-refractivity contribution is -0.132. The predicted octanol–water partition coefficient (Wildman–Crippen LogP) is 5.31. The van der Waals surface area contributed by atoms with Gasteiger partial charge in [-0.3, -0.25) is 14.5 Å². The zero-order valence-electron chi connectivity index (χ0n) is 18.5. The number of aryl methyl sites for hydroxylation is 2. The third-order valence-corrected chi connectivity index (χ3v) is 5.33. The predicted molar refractivity (Wildman–Crippen MR) is 122 cm³/mol. The van der Waals surface area contributed by atoms with Crippen LogP contribution < -0.4 is 9.64 Å². The molecule has 1 saturated heterocycles. The van der Waals surface area contributed by atoms with Crippen LogP contribution in [0.2, 0.25) is 0 Å². The summed E-state index contributed by atoms with van der Waals surface area (Å²) < 4.78 is 11.6. The van der Waals surface area contributed by atoms with Crippen molar-refractivity contribution in [2.75, 3.05) is 4.90 Å². The number of Topliss-reactive ketones (excluding diaryl/α,β-unsaturated/α-hetero) is 1. The van der Waals surface area contributed by atoms with E-state index in [2.05, 4.69) is 0 Å². The number of benzene rings is 2. The number of para-hydroxylation sites is 1. The van der Waals surface area contributed by atoms with Gasteiger partial charge in [0.05, 0.1) is 11.7 Å². The van der Waals surface area contributed by atoms with Crippen molar-refractivity contribution < 1.29 is 23.8 Å². The van der Waals surface area contributed by atoms with Gasteiger partial charge in [-0.1, -0.05) is 30.3 Å². The summed E-state index contributed by atoms with van der Waals surface area (Å²) in [5.41, 5.74) is 1.79. The minimum Gasteiger partial charge on any atom is -0.507 e. The van der Waals surface area contributed by atoms with Gasteiger partial charge in [0.2, 0.25) is 0 Å². The highest BCUT2D eigenvalue weighted by Gasteiger charge is 2.48. The molecule has 6 nitrogen and oxygen atoms in total. The third kappa shape index (κ3) is 3.80.